The summed E-state index contributed by atoms with van der Waals surface area (Å²) in [5, 5.41) is 3.73. The predicted molar refractivity (Wildman–Crippen MR) is 105 cm³/mol. The van der Waals surface area contributed by atoms with Crippen molar-refractivity contribution in [2.45, 2.75) is 51.5 Å². The maximum atomic E-state index is 12.9. The fourth-order valence-electron chi connectivity index (χ4n) is 3.86. The largest absolute Gasteiger partial charge is 0.375 e. The molecule has 2 aliphatic heterocycles. The number of nitrogens with zero attached hydrogens (tertiary/aromatic N) is 2. The van der Waals surface area contributed by atoms with Gasteiger partial charge in [0.25, 0.3) is 5.91 Å². The summed E-state index contributed by atoms with van der Waals surface area (Å²) in [7, 11) is 0. The lowest BCUT2D eigenvalue weighted by atomic mass is 10.0. The lowest BCUT2D eigenvalue weighted by Crippen LogP contribution is -2.44. The molecule has 1 atom stereocenters. The van der Waals surface area contributed by atoms with E-state index in [-0.39, 0.29) is 24.4 Å². The molecule has 0 bridgehead atoms. The van der Waals surface area contributed by atoms with Gasteiger partial charge in [-0.05, 0) is 63.6 Å². The quantitative estimate of drug-likeness (QED) is 0.868. The normalized spacial score (nSPS) is 20.8. The zero-order valence-electron chi connectivity index (χ0n) is 15.5. The molecule has 2 saturated heterocycles. The maximum Gasteiger partial charge on any atom is 0.255 e. The summed E-state index contributed by atoms with van der Waals surface area (Å²) < 4.78 is 0. The van der Waals surface area contributed by atoms with Gasteiger partial charge in [-0.15, -0.1) is 0 Å². The van der Waals surface area contributed by atoms with Crippen molar-refractivity contribution in [3.8, 4) is 0 Å². The predicted octanol–water partition coefficient (Wildman–Crippen LogP) is 3.78. The van der Waals surface area contributed by atoms with Crippen LogP contribution in [-0.4, -0.2) is 53.8 Å². The Morgan fingerprint density at radius 1 is 1.12 bits per heavy atom. The number of hydrogen-bond donors (Lipinski definition) is 1. The van der Waals surface area contributed by atoms with Crippen molar-refractivity contribution >= 4 is 29.1 Å². The van der Waals surface area contributed by atoms with Crippen molar-refractivity contribution in [3.05, 3.63) is 28.8 Å². The molecule has 3 rings (SSSR count). The third kappa shape index (κ3) is 4.50. The number of benzene rings is 1. The van der Waals surface area contributed by atoms with Crippen LogP contribution in [0.3, 0.4) is 0 Å². The maximum absolute atomic E-state index is 12.9. The molecular formula is C20H28ClN3O2. The zero-order chi connectivity index (χ0) is 18.5. The molecular weight excluding hydrogens is 350 g/mol. The van der Waals surface area contributed by atoms with Crippen LogP contribution in [0.4, 0.5) is 5.69 Å². The molecule has 2 heterocycles. The highest BCUT2D eigenvalue weighted by molar-refractivity contribution is 6.31. The number of rotatable bonds is 4. The molecule has 5 nitrogen and oxygen atoms in total. The average molecular weight is 378 g/mol. The van der Waals surface area contributed by atoms with E-state index in [1.165, 1.54) is 12.8 Å². The summed E-state index contributed by atoms with van der Waals surface area (Å²) in [5.74, 6) is 0.0937. The van der Waals surface area contributed by atoms with Crippen LogP contribution in [0.1, 0.15) is 55.8 Å². The summed E-state index contributed by atoms with van der Waals surface area (Å²) in [5.41, 5.74) is 1.24. The summed E-state index contributed by atoms with van der Waals surface area (Å²) in [6.07, 6.45) is 6.58. The number of likely N-dealkylation sites (tertiary alicyclic amines) is 2. The van der Waals surface area contributed by atoms with E-state index in [1.54, 1.807) is 18.2 Å². The van der Waals surface area contributed by atoms with Crippen molar-refractivity contribution in [1.82, 2.24) is 9.80 Å². The van der Waals surface area contributed by atoms with E-state index in [4.69, 9.17) is 11.6 Å². The van der Waals surface area contributed by atoms with E-state index in [9.17, 15) is 9.59 Å². The molecule has 1 aromatic rings. The van der Waals surface area contributed by atoms with Crippen molar-refractivity contribution in [1.29, 1.82) is 0 Å². The Bertz CT molecular complexity index is 658. The molecule has 26 heavy (non-hydrogen) atoms. The van der Waals surface area contributed by atoms with Crippen molar-refractivity contribution < 1.29 is 9.59 Å². The van der Waals surface area contributed by atoms with Gasteiger partial charge in [-0.1, -0.05) is 11.6 Å². The molecule has 142 valence electrons. The van der Waals surface area contributed by atoms with Gasteiger partial charge in [0.1, 0.15) is 0 Å². The minimum atomic E-state index is 0.0163. The molecule has 1 aromatic carbocycles. The third-order valence-corrected chi connectivity index (χ3v) is 5.64. The lowest BCUT2D eigenvalue weighted by Gasteiger charge is -2.33. The van der Waals surface area contributed by atoms with Gasteiger partial charge in [-0.3, -0.25) is 9.59 Å². The van der Waals surface area contributed by atoms with E-state index in [0.29, 0.717) is 16.3 Å². The Labute approximate surface area is 160 Å². The van der Waals surface area contributed by atoms with Gasteiger partial charge in [-0.25, -0.2) is 0 Å². The fourth-order valence-corrected chi connectivity index (χ4v) is 4.03. The molecule has 1 N–H and O–H groups in total. The second kappa shape index (κ2) is 8.76. The van der Waals surface area contributed by atoms with E-state index in [0.717, 1.165) is 45.3 Å². The van der Waals surface area contributed by atoms with Crippen LogP contribution >= 0.6 is 11.6 Å². The molecule has 6 heteroatoms. The Balaban J connectivity index is 1.69. The summed E-state index contributed by atoms with van der Waals surface area (Å²) >= 11 is 6.13. The highest BCUT2D eigenvalue weighted by atomic mass is 35.5. The van der Waals surface area contributed by atoms with Gasteiger partial charge in [-0.2, -0.15) is 0 Å². The Hall–Kier alpha value is -1.75. The summed E-state index contributed by atoms with van der Waals surface area (Å²) in [6.45, 7) is 4.69. The van der Waals surface area contributed by atoms with Gasteiger partial charge in [0.2, 0.25) is 5.91 Å². The smallest absolute Gasteiger partial charge is 0.255 e. The van der Waals surface area contributed by atoms with Crippen LogP contribution in [-0.2, 0) is 4.79 Å². The van der Waals surface area contributed by atoms with Crippen LogP contribution in [0.25, 0.3) is 0 Å². The number of carbonyl (C=O) groups is 2. The van der Waals surface area contributed by atoms with Crippen LogP contribution in [0.5, 0.6) is 0 Å². The Morgan fingerprint density at radius 3 is 2.58 bits per heavy atom. The van der Waals surface area contributed by atoms with Gasteiger partial charge in [0.05, 0.1) is 12.1 Å². The van der Waals surface area contributed by atoms with Gasteiger partial charge in [0.15, 0.2) is 0 Å². The van der Waals surface area contributed by atoms with Crippen molar-refractivity contribution in [3.63, 3.8) is 0 Å². The van der Waals surface area contributed by atoms with Crippen LogP contribution < -0.4 is 5.32 Å². The topological polar surface area (TPSA) is 52.7 Å². The highest BCUT2D eigenvalue weighted by Gasteiger charge is 2.24. The first-order valence-corrected chi connectivity index (χ1v) is 10.1. The van der Waals surface area contributed by atoms with E-state index >= 15 is 0 Å². The summed E-state index contributed by atoms with van der Waals surface area (Å²) in [6, 6.07) is 5.52. The van der Waals surface area contributed by atoms with Crippen LogP contribution in [0.15, 0.2) is 18.2 Å². The van der Waals surface area contributed by atoms with E-state index in [1.807, 2.05) is 9.80 Å². The van der Waals surface area contributed by atoms with Gasteiger partial charge < -0.3 is 15.1 Å². The number of hydrogen-bond acceptors (Lipinski definition) is 3. The van der Waals surface area contributed by atoms with Crippen molar-refractivity contribution in [2.24, 2.45) is 0 Å². The number of halogens is 1. The van der Waals surface area contributed by atoms with E-state index < -0.39 is 0 Å². The van der Waals surface area contributed by atoms with Crippen molar-refractivity contribution in [2.75, 3.05) is 31.5 Å². The molecule has 0 saturated carbocycles. The second-order valence-corrected chi connectivity index (χ2v) is 7.76. The van der Waals surface area contributed by atoms with Crippen LogP contribution in [0.2, 0.25) is 5.02 Å². The molecule has 0 aromatic heterocycles. The first kappa shape index (κ1) is 19.0. The average Bonchev–Trinajstić information content (AvgIpc) is 2.67. The minimum Gasteiger partial charge on any atom is -0.375 e. The third-order valence-electron chi connectivity index (χ3n) is 5.41. The molecule has 0 spiro atoms. The number of carbonyl (C=O) groups excluding carboxylic acids is 2. The Morgan fingerprint density at radius 2 is 1.85 bits per heavy atom. The van der Waals surface area contributed by atoms with E-state index in [2.05, 4.69) is 12.2 Å². The first-order valence-electron chi connectivity index (χ1n) is 9.68. The molecule has 2 amide bonds. The first-order chi connectivity index (χ1) is 12.6. The van der Waals surface area contributed by atoms with Gasteiger partial charge in [0, 0.05) is 36.4 Å². The second-order valence-electron chi connectivity index (χ2n) is 7.33. The summed E-state index contributed by atoms with van der Waals surface area (Å²) in [4.78, 5) is 29.3. The monoisotopic (exact) mass is 377 g/mol. The highest BCUT2D eigenvalue weighted by Crippen LogP contribution is 2.24. The van der Waals surface area contributed by atoms with Crippen LogP contribution in [0, 0.1) is 0 Å². The number of amides is 2. The fraction of sp³-hybridized carbons (Fsp3) is 0.600. The zero-order valence-corrected chi connectivity index (χ0v) is 16.2. The minimum absolute atomic E-state index is 0.0163. The SMILES string of the molecule is C[C@@H]1CCCCN1C(=O)CNc1cc(Cl)ccc1C(=O)N1CCCCC1. The molecule has 0 aliphatic carbocycles. The molecule has 0 radical (unpaired) electrons. The number of anilines is 1. The standard InChI is InChI=1S/C20H28ClN3O2/c1-15-7-3-6-12-24(15)19(25)14-22-18-13-16(21)8-9-17(18)20(26)23-10-4-2-5-11-23/h8-9,13,15,22H,2-7,10-12,14H2,1H3/t15-/m1/s1. The number of piperidine rings is 2. The molecule has 0 unspecified atom stereocenters. The molecule has 2 fully saturated rings. The lowest BCUT2D eigenvalue weighted by molar-refractivity contribution is -0.132. The number of nitrogens with one attached hydrogen (secondary N) is 1. The molecule has 2 aliphatic rings. The van der Waals surface area contributed by atoms with Gasteiger partial charge >= 0.3 is 0 Å². The Kier molecular flexibility index (Phi) is 6.41.